The SMILES string of the molecule is Cn1nc(N2CCC(=O)NC2=O)c2cc(F)c(C3CCN(Cc4cccc(S(=O)(=O)N5CCC(Nc6ncc7c(n6)N([C@@H]6CCC[C@@H](O)C6)C(=O)C76CC6)CC5)c4)CC3)cc21. The van der Waals surface area contributed by atoms with Gasteiger partial charge in [0.25, 0.3) is 0 Å². The summed E-state index contributed by atoms with van der Waals surface area (Å²) in [5, 5.41) is 21.1. The van der Waals surface area contributed by atoms with Gasteiger partial charge in [-0.3, -0.25) is 34.3 Å². The Kier molecular flexibility index (Phi) is 10.1. The van der Waals surface area contributed by atoms with Gasteiger partial charge in [-0.1, -0.05) is 12.1 Å². The fraction of sp³-hybridized carbons (Fsp3) is 0.535. The Labute approximate surface area is 353 Å². The number of carbonyl (C=O) groups excluding carboxylic acids is 3. The van der Waals surface area contributed by atoms with E-state index in [2.05, 4.69) is 25.6 Å². The molecule has 4 amide bonds. The van der Waals surface area contributed by atoms with Gasteiger partial charge in [0.15, 0.2) is 5.82 Å². The normalized spacial score (nSPS) is 24.1. The first-order valence-corrected chi connectivity index (χ1v) is 23.1. The Morgan fingerprint density at radius 3 is 2.49 bits per heavy atom. The van der Waals surface area contributed by atoms with Crippen molar-refractivity contribution >= 4 is 56.4 Å². The molecule has 1 spiro atoms. The molecule has 16 nitrogen and oxygen atoms in total. The molecule has 6 aliphatic rings. The van der Waals surface area contributed by atoms with Crippen LogP contribution in [0.3, 0.4) is 0 Å². The zero-order chi connectivity index (χ0) is 42.2. The van der Waals surface area contributed by atoms with Gasteiger partial charge in [-0.25, -0.2) is 22.6 Å². The maximum atomic E-state index is 15.7. The zero-order valence-electron chi connectivity index (χ0n) is 34.2. The smallest absolute Gasteiger partial charge is 0.329 e. The molecule has 18 heteroatoms. The number of benzene rings is 2. The number of aryl methyl sites for hydroxylation is 1. The average Bonchev–Trinajstić information content (AvgIpc) is 3.94. The predicted molar refractivity (Wildman–Crippen MR) is 224 cm³/mol. The number of urea groups is 1. The molecule has 4 aromatic rings. The van der Waals surface area contributed by atoms with Gasteiger partial charge in [-0.05, 0) is 119 Å². The second-order valence-electron chi connectivity index (χ2n) is 17.8. The van der Waals surface area contributed by atoms with Gasteiger partial charge in [0.2, 0.25) is 27.8 Å². The van der Waals surface area contributed by atoms with Crippen molar-refractivity contribution in [3.8, 4) is 0 Å². The van der Waals surface area contributed by atoms with Gasteiger partial charge in [0.05, 0.1) is 21.9 Å². The van der Waals surface area contributed by atoms with Gasteiger partial charge in [-0.2, -0.15) is 14.4 Å². The molecular weight excluding hydrogens is 804 g/mol. The van der Waals surface area contributed by atoms with Crippen LogP contribution in [0.4, 0.5) is 26.8 Å². The van der Waals surface area contributed by atoms with Crippen molar-refractivity contribution in [1.82, 2.24) is 34.3 Å². The van der Waals surface area contributed by atoms with Crippen molar-refractivity contribution in [2.45, 2.75) is 112 Å². The molecule has 10 rings (SSSR count). The van der Waals surface area contributed by atoms with Crippen molar-refractivity contribution in [2.75, 3.05) is 47.8 Å². The number of hydrogen-bond acceptors (Lipinski definition) is 11. The van der Waals surface area contributed by atoms with Crippen molar-refractivity contribution < 1.29 is 32.3 Å². The molecule has 322 valence electrons. The van der Waals surface area contributed by atoms with Crippen LogP contribution in [0, 0.1) is 5.82 Å². The second-order valence-corrected chi connectivity index (χ2v) is 19.7. The summed E-state index contributed by atoms with van der Waals surface area (Å²) in [6.45, 7) is 2.86. The first kappa shape index (κ1) is 40.1. The van der Waals surface area contributed by atoms with Crippen LogP contribution in [-0.4, -0.2) is 111 Å². The lowest BCUT2D eigenvalue weighted by atomic mass is 9.88. The highest BCUT2D eigenvalue weighted by Crippen LogP contribution is 2.57. The van der Waals surface area contributed by atoms with E-state index < -0.39 is 27.6 Å². The van der Waals surface area contributed by atoms with Crippen molar-refractivity contribution in [3.05, 3.63) is 65.1 Å². The molecule has 0 unspecified atom stereocenters. The minimum Gasteiger partial charge on any atom is -0.393 e. The van der Waals surface area contributed by atoms with Crippen molar-refractivity contribution in [2.24, 2.45) is 7.05 Å². The standard InChI is InChI=1S/C43H51FN10O6S/c1-50-36-23-32(35(44)22-33(36)38(49-50)53-19-12-37(56)47-42(53)58)27-8-15-51(16-9-27)25-26-4-2-7-31(20-26)61(59,60)52-17-10-28(11-18-52)46-41-45-24-34-39(48-41)54(40(57)43(34)13-14-43)29-5-3-6-30(55)21-29/h2,4,7,20,22-24,27-30,55H,3,5-6,8-19,21,25H2,1H3,(H,45,46,48)(H,47,56,58)/t29-,30-/m1/s1. The number of aliphatic hydroxyl groups excluding tert-OH is 1. The van der Waals surface area contributed by atoms with Crippen LogP contribution in [-0.2, 0) is 38.6 Å². The lowest BCUT2D eigenvalue weighted by Crippen LogP contribution is -2.49. The third-order valence-corrected chi connectivity index (χ3v) is 15.8. The Balaban J connectivity index is 0.749. The van der Waals surface area contributed by atoms with E-state index >= 15 is 4.39 Å². The molecule has 2 aliphatic carbocycles. The van der Waals surface area contributed by atoms with Crippen LogP contribution < -0.4 is 20.4 Å². The molecule has 0 radical (unpaired) electrons. The summed E-state index contributed by atoms with van der Waals surface area (Å²) in [6, 6.07) is 9.75. The van der Waals surface area contributed by atoms with Crippen LogP contribution >= 0.6 is 0 Å². The quantitative estimate of drug-likeness (QED) is 0.218. The third kappa shape index (κ3) is 7.24. The molecule has 5 fully saturated rings. The maximum absolute atomic E-state index is 15.7. The molecule has 0 bridgehead atoms. The summed E-state index contributed by atoms with van der Waals surface area (Å²) in [5.41, 5.74) is 2.58. The number of halogens is 1. The fourth-order valence-corrected chi connectivity index (χ4v) is 11.9. The highest BCUT2D eigenvalue weighted by atomic mass is 32.2. The number of amides is 4. The Hall–Kier alpha value is -5.04. The number of fused-ring (bicyclic) bond motifs is 3. The molecule has 2 saturated carbocycles. The number of aliphatic hydroxyl groups is 1. The van der Waals surface area contributed by atoms with Gasteiger partial charge < -0.3 is 10.4 Å². The van der Waals surface area contributed by atoms with Crippen LogP contribution in [0.25, 0.3) is 10.9 Å². The van der Waals surface area contributed by atoms with E-state index in [0.717, 1.165) is 56.1 Å². The number of rotatable bonds is 9. The molecule has 6 heterocycles. The molecule has 4 aliphatic heterocycles. The number of likely N-dealkylation sites (tertiary alicyclic amines) is 1. The minimum atomic E-state index is -3.75. The second kappa shape index (κ2) is 15.4. The summed E-state index contributed by atoms with van der Waals surface area (Å²) in [5.74, 6) is 0.778. The number of carbonyl (C=O) groups is 3. The van der Waals surface area contributed by atoms with E-state index in [9.17, 15) is 27.9 Å². The average molecular weight is 855 g/mol. The molecular formula is C43H51FN10O6S. The third-order valence-electron chi connectivity index (χ3n) is 13.9. The topological polar surface area (TPSA) is 186 Å². The summed E-state index contributed by atoms with van der Waals surface area (Å²) in [7, 11) is -1.99. The number of nitrogens with one attached hydrogen (secondary N) is 2. The van der Waals surface area contributed by atoms with E-state index in [-0.39, 0.29) is 53.5 Å². The number of hydrogen-bond donors (Lipinski definition) is 3. The zero-order valence-corrected chi connectivity index (χ0v) is 35.0. The number of aromatic nitrogens is 4. The Bertz CT molecular complexity index is 2530. The van der Waals surface area contributed by atoms with E-state index in [0.29, 0.717) is 86.0 Å². The lowest BCUT2D eigenvalue weighted by molar-refractivity contribution is -0.121. The van der Waals surface area contributed by atoms with Crippen LogP contribution in [0.15, 0.2) is 47.5 Å². The number of sulfonamides is 1. The van der Waals surface area contributed by atoms with Gasteiger partial charge in [0, 0.05) is 68.9 Å². The lowest BCUT2D eigenvalue weighted by Gasteiger charge is -2.34. The number of nitrogens with zero attached hydrogens (tertiary/aromatic N) is 8. The molecule has 2 aromatic carbocycles. The van der Waals surface area contributed by atoms with Crippen LogP contribution in [0.1, 0.15) is 93.2 Å². The van der Waals surface area contributed by atoms with E-state index in [1.54, 1.807) is 40.4 Å². The van der Waals surface area contributed by atoms with Crippen molar-refractivity contribution in [1.29, 1.82) is 0 Å². The molecule has 2 atom stereocenters. The van der Waals surface area contributed by atoms with Gasteiger partial charge in [0.1, 0.15) is 11.6 Å². The van der Waals surface area contributed by atoms with Gasteiger partial charge in [-0.15, -0.1) is 0 Å². The number of piperidine rings is 2. The largest absolute Gasteiger partial charge is 0.393 e. The highest BCUT2D eigenvalue weighted by Gasteiger charge is 2.61. The molecule has 2 aromatic heterocycles. The Morgan fingerprint density at radius 2 is 1.75 bits per heavy atom. The summed E-state index contributed by atoms with van der Waals surface area (Å²) < 4.78 is 46.8. The first-order chi connectivity index (χ1) is 29.4. The number of anilines is 3. The minimum absolute atomic E-state index is 0.0152. The summed E-state index contributed by atoms with van der Waals surface area (Å²) in [6.07, 6.45) is 8.71. The van der Waals surface area contributed by atoms with E-state index in [1.165, 1.54) is 11.0 Å². The predicted octanol–water partition coefficient (Wildman–Crippen LogP) is 4.28. The van der Waals surface area contributed by atoms with E-state index in [4.69, 9.17) is 4.98 Å². The first-order valence-electron chi connectivity index (χ1n) is 21.6. The summed E-state index contributed by atoms with van der Waals surface area (Å²) in [4.78, 5) is 53.1. The molecule has 61 heavy (non-hydrogen) atoms. The van der Waals surface area contributed by atoms with Crippen LogP contribution in [0.5, 0.6) is 0 Å². The van der Waals surface area contributed by atoms with Gasteiger partial charge >= 0.3 is 6.03 Å². The number of imide groups is 1. The molecule has 3 saturated heterocycles. The summed E-state index contributed by atoms with van der Waals surface area (Å²) >= 11 is 0. The fourth-order valence-electron chi connectivity index (χ4n) is 10.3. The highest BCUT2D eigenvalue weighted by molar-refractivity contribution is 7.89. The Morgan fingerprint density at radius 1 is 0.967 bits per heavy atom. The maximum Gasteiger partial charge on any atom is 0.329 e. The van der Waals surface area contributed by atoms with Crippen molar-refractivity contribution in [3.63, 3.8) is 0 Å². The molecule has 3 N–H and O–H groups in total. The van der Waals surface area contributed by atoms with Crippen LogP contribution in [0.2, 0.25) is 0 Å². The monoisotopic (exact) mass is 854 g/mol. The van der Waals surface area contributed by atoms with E-state index in [1.807, 2.05) is 17.0 Å².